The molecule has 1 heterocycles. The van der Waals surface area contributed by atoms with Crippen LogP contribution >= 0.6 is 11.3 Å². The monoisotopic (exact) mass is 347 g/mol. The second-order valence-electron chi connectivity index (χ2n) is 5.53. The van der Waals surface area contributed by atoms with Gasteiger partial charge in [0.2, 0.25) is 0 Å². The van der Waals surface area contributed by atoms with Crippen LogP contribution in [0.5, 0.6) is 5.75 Å². The minimum Gasteiger partial charge on any atom is -0.492 e. The highest BCUT2D eigenvalue weighted by Crippen LogP contribution is 2.25. The molecule has 2 aromatic rings. The molecule has 0 aliphatic carbocycles. The summed E-state index contributed by atoms with van der Waals surface area (Å²) < 4.78 is 5.65. The fraction of sp³-hybridized carbons (Fsp3) is 0.389. The highest BCUT2D eigenvalue weighted by Gasteiger charge is 2.23. The molecular formula is C18H25N3O2S. The number of aliphatic imine (C=N–C) groups is 1. The Morgan fingerprint density at radius 2 is 2.00 bits per heavy atom. The van der Waals surface area contributed by atoms with E-state index in [1.165, 1.54) is 11.3 Å². The summed E-state index contributed by atoms with van der Waals surface area (Å²) in [6.07, 6.45) is 0. The largest absolute Gasteiger partial charge is 0.492 e. The van der Waals surface area contributed by atoms with Gasteiger partial charge < -0.3 is 20.5 Å². The molecule has 0 radical (unpaired) electrons. The van der Waals surface area contributed by atoms with Crippen molar-refractivity contribution in [1.82, 2.24) is 10.6 Å². The van der Waals surface area contributed by atoms with Crippen LogP contribution < -0.4 is 15.4 Å². The Hall–Kier alpha value is -2.05. The van der Waals surface area contributed by atoms with Crippen molar-refractivity contribution in [2.75, 3.05) is 26.2 Å². The molecule has 0 bridgehead atoms. The molecular weight excluding hydrogens is 322 g/mol. The van der Waals surface area contributed by atoms with Crippen LogP contribution in [0, 0.1) is 0 Å². The lowest BCUT2D eigenvalue weighted by Gasteiger charge is -2.20. The maximum absolute atomic E-state index is 10.5. The molecule has 0 fully saturated rings. The molecule has 0 amide bonds. The van der Waals surface area contributed by atoms with Crippen LogP contribution in [0.15, 0.2) is 52.8 Å². The van der Waals surface area contributed by atoms with Gasteiger partial charge in [0.25, 0.3) is 0 Å². The number of para-hydroxylation sites is 1. The minimum absolute atomic E-state index is 0.294. The van der Waals surface area contributed by atoms with Gasteiger partial charge in [0.05, 0.1) is 13.1 Å². The van der Waals surface area contributed by atoms with E-state index in [0.717, 1.165) is 17.2 Å². The third kappa shape index (κ3) is 5.86. The predicted octanol–water partition coefficient (Wildman–Crippen LogP) is 2.59. The lowest BCUT2D eigenvalue weighted by atomic mass is 10.1. The fourth-order valence-corrected chi connectivity index (χ4v) is 2.87. The van der Waals surface area contributed by atoms with Crippen LogP contribution in [0.1, 0.15) is 18.7 Å². The predicted molar refractivity (Wildman–Crippen MR) is 99.8 cm³/mol. The van der Waals surface area contributed by atoms with Crippen LogP contribution in [0.2, 0.25) is 0 Å². The number of guanidine groups is 1. The smallest absolute Gasteiger partial charge is 0.191 e. The van der Waals surface area contributed by atoms with Gasteiger partial charge in [-0.2, -0.15) is 0 Å². The minimum atomic E-state index is -0.961. The van der Waals surface area contributed by atoms with Crippen LogP contribution in [0.25, 0.3) is 0 Å². The fourth-order valence-electron chi connectivity index (χ4n) is 2.09. The van der Waals surface area contributed by atoms with Gasteiger partial charge in [0.15, 0.2) is 5.96 Å². The molecule has 6 heteroatoms. The summed E-state index contributed by atoms with van der Waals surface area (Å²) in [4.78, 5) is 5.39. The first kappa shape index (κ1) is 18.3. The van der Waals surface area contributed by atoms with E-state index in [1.54, 1.807) is 6.92 Å². The molecule has 0 saturated heterocycles. The Balaban J connectivity index is 1.82. The molecule has 5 nitrogen and oxygen atoms in total. The number of hydrogen-bond donors (Lipinski definition) is 3. The summed E-state index contributed by atoms with van der Waals surface area (Å²) in [5, 5.41) is 18.9. The van der Waals surface area contributed by atoms with E-state index < -0.39 is 5.60 Å². The van der Waals surface area contributed by atoms with Crippen molar-refractivity contribution in [2.45, 2.75) is 19.4 Å². The molecule has 0 aliphatic rings. The van der Waals surface area contributed by atoms with E-state index in [0.29, 0.717) is 25.7 Å². The SMILES string of the molecule is CCNC(=NCC(C)(O)c1cccs1)NCCOc1ccccc1. The van der Waals surface area contributed by atoms with E-state index in [2.05, 4.69) is 15.6 Å². The first-order valence-electron chi connectivity index (χ1n) is 8.08. The van der Waals surface area contributed by atoms with Crippen molar-refractivity contribution in [1.29, 1.82) is 0 Å². The van der Waals surface area contributed by atoms with E-state index in [-0.39, 0.29) is 0 Å². The molecule has 2 rings (SSSR count). The third-order valence-electron chi connectivity index (χ3n) is 3.35. The molecule has 0 saturated carbocycles. The van der Waals surface area contributed by atoms with Crippen LogP contribution in [0.4, 0.5) is 0 Å². The summed E-state index contributed by atoms with van der Waals surface area (Å²) in [6, 6.07) is 13.6. The molecule has 24 heavy (non-hydrogen) atoms. The lowest BCUT2D eigenvalue weighted by molar-refractivity contribution is 0.0711. The Morgan fingerprint density at radius 1 is 1.21 bits per heavy atom. The number of benzene rings is 1. The Labute approximate surface area is 147 Å². The summed E-state index contributed by atoms with van der Waals surface area (Å²) in [5.74, 6) is 1.52. The zero-order valence-electron chi connectivity index (χ0n) is 14.2. The number of nitrogens with one attached hydrogen (secondary N) is 2. The van der Waals surface area contributed by atoms with E-state index >= 15 is 0 Å². The maximum atomic E-state index is 10.5. The first-order valence-corrected chi connectivity index (χ1v) is 8.96. The van der Waals surface area contributed by atoms with Gasteiger partial charge in [0, 0.05) is 11.4 Å². The number of nitrogens with zero attached hydrogens (tertiary/aromatic N) is 1. The summed E-state index contributed by atoms with van der Waals surface area (Å²) in [7, 11) is 0. The van der Waals surface area contributed by atoms with Crippen LogP contribution in [-0.4, -0.2) is 37.3 Å². The molecule has 0 aliphatic heterocycles. The van der Waals surface area contributed by atoms with E-state index in [9.17, 15) is 5.11 Å². The molecule has 1 unspecified atom stereocenters. The zero-order valence-corrected chi connectivity index (χ0v) is 15.0. The van der Waals surface area contributed by atoms with Gasteiger partial charge in [-0.1, -0.05) is 24.3 Å². The maximum Gasteiger partial charge on any atom is 0.191 e. The lowest BCUT2D eigenvalue weighted by Crippen LogP contribution is -2.40. The molecule has 1 atom stereocenters. The third-order valence-corrected chi connectivity index (χ3v) is 4.47. The average molecular weight is 347 g/mol. The normalized spacial score (nSPS) is 14.0. The molecule has 3 N–H and O–H groups in total. The number of rotatable bonds is 8. The molecule has 1 aromatic heterocycles. The topological polar surface area (TPSA) is 65.9 Å². The second kappa shape index (κ2) is 9.30. The zero-order chi connectivity index (χ0) is 17.3. The number of hydrogen-bond acceptors (Lipinski definition) is 4. The van der Waals surface area contributed by atoms with Crippen LogP contribution in [0.3, 0.4) is 0 Å². The van der Waals surface area contributed by atoms with Gasteiger partial charge >= 0.3 is 0 Å². The van der Waals surface area contributed by atoms with Crippen molar-refractivity contribution >= 4 is 17.3 Å². The summed E-state index contributed by atoms with van der Waals surface area (Å²) in [5.41, 5.74) is -0.961. The highest BCUT2D eigenvalue weighted by atomic mass is 32.1. The second-order valence-corrected chi connectivity index (χ2v) is 6.48. The Morgan fingerprint density at radius 3 is 2.67 bits per heavy atom. The molecule has 1 aromatic carbocycles. The Bertz CT molecular complexity index is 612. The molecule has 0 spiro atoms. The number of thiophene rings is 1. The quantitative estimate of drug-likeness (QED) is 0.390. The van der Waals surface area contributed by atoms with Gasteiger partial charge in [-0.05, 0) is 37.4 Å². The van der Waals surface area contributed by atoms with Crippen molar-refractivity contribution in [2.24, 2.45) is 4.99 Å². The highest BCUT2D eigenvalue weighted by molar-refractivity contribution is 7.10. The van der Waals surface area contributed by atoms with Gasteiger partial charge in [0.1, 0.15) is 18.0 Å². The number of ether oxygens (including phenoxy) is 1. The first-order chi connectivity index (χ1) is 11.6. The van der Waals surface area contributed by atoms with Crippen LogP contribution in [-0.2, 0) is 5.60 Å². The summed E-state index contributed by atoms with van der Waals surface area (Å²) >= 11 is 1.53. The van der Waals surface area contributed by atoms with Gasteiger partial charge in [-0.3, -0.25) is 0 Å². The van der Waals surface area contributed by atoms with Crippen molar-refractivity contribution in [3.05, 3.63) is 52.7 Å². The molecule has 130 valence electrons. The van der Waals surface area contributed by atoms with Gasteiger partial charge in [-0.15, -0.1) is 11.3 Å². The average Bonchev–Trinajstić information content (AvgIpc) is 3.13. The summed E-state index contributed by atoms with van der Waals surface area (Å²) in [6.45, 7) is 6.01. The van der Waals surface area contributed by atoms with E-state index in [1.807, 2.05) is 54.8 Å². The number of aliphatic hydroxyl groups is 1. The van der Waals surface area contributed by atoms with Crippen molar-refractivity contribution in [3.63, 3.8) is 0 Å². The van der Waals surface area contributed by atoms with Crippen molar-refractivity contribution < 1.29 is 9.84 Å². The standard InChI is InChI=1S/C18H25N3O2S/c1-3-19-17(20-11-12-23-15-8-5-4-6-9-15)21-14-18(2,22)16-10-7-13-24-16/h4-10,13,22H,3,11-12,14H2,1-2H3,(H2,19,20,21). The van der Waals surface area contributed by atoms with Gasteiger partial charge in [-0.25, -0.2) is 4.99 Å². The van der Waals surface area contributed by atoms with Crippen molar-refractivity contribution in [3.8, 4) is 5.75 Å². The van der Waals surface area contributed by atoms with E-state index in [4.69, 9.17) is 4.74 Å². The Kier molecular flexibility index (Phi) is 7.08.